The highest BCUT2D eigenvalue weighted by molar-refractivity contribution is 6.22. The van der Waals surface area contributed by atoms with Gasteiger partial charge in [-0.05, 0) is 13.8 Å². The Morgan fingerprint density at radius 1 is 1.48 bits per heavy atom. The first kappa shape index (κ1) is 16.9. The van der Waals surface area contributed by atoms with E-state index in [0.29, 0.717) is 5.56 Å². The normalized spacial score (nSPS) is 14.7. The molecule has 8 nitrogen and oxygen atoms in total. The summed E-state index contributed by atoms with van der Waals surface area (Å²) in [5.41, 5.74) is -1.87. The zero-order chi connectivity index (χ0) is 17.0. The van der Waals surface area contributed by atoms with Gasteiger partial charge >= 0.3 is 17.4 Å². The van der Waals surface area contributed by atoms with Gasteiger partial charge in [-0.15, -0.1) is 11.6 Å². The topological polar surface area (TPSA) is 108 Å². The third-order valence-corrected chi connectivity index (χ3v) is 3.55. The Labute approximate surface area is 136 Å². The van der Waals surface area contributed by atoms with Crippen molar-refractivity contribution >= 4 is 17.6 Å². The van der Waals surface area contributed by atoms with Gasteiger partial charge in [0.15, 0.2) is 0 Å². The van der Waals surface area contributed by atoms with Crippen molar-refractivity contribution < 1.29 is 19.0 Å². The van der Waals surface area contributed by atoms with Gasteiger partial charge in [0.1, 0.15) is 5.38 Å². The van der Waals surface area contributed by atoms with Crippen LogP contribution < -0.4 is 0 Å². The average Bonchev–Trinajstić information content (AvgIpc) is 2.98. The number of aromatic nitrogens is 2. The van der Waals surface area contributed by atoms with Crippen LogP contribution >= 0.6 is 11.6 Å². The molecule has 0 bridgehead atoms. The van der Waals surface area contributed by atoms with Gasteiger partial charge in [0.05, 0.1) is 6.61 Å². The van der Waals surface area contributed by atoms with Gasteiger partial charge < -0.3 is 9.26 Å². The van der Waals surface area contributed by atoms with Crippen molar-refractivity contribution in [2.24, 2.45) is 0 Å². The van der Waals surface area contributed by atoms with Crippen LogP contribution in [0.2, 0.25) is 0 Å². The second-order valence-electron chi connectivity index (χ2n) is 4.65. The van der Waals surface area contributed by atoms with E-state index in [2.05, 4.69) is 10.1 Å². The van der Waals surface area contributed by atoms with E-state index < -0.39 is 27.7 Å². The number of nitrogens with zero attached hydrogens (tertiary/aromatic N) is 3. The summed E-state index contributed by atoms with van der Waals surface area (Å²) in [6, 6.07) is 8.71. The van der Waals surface area contributed by atoms with Crippen LogP contribution in [0.3, 0.4) is 0 Å². The summed E-state index contributed by atoms with van der Waals surface area (Å²) in [5.74, 6) is -1.54. The number of hydrogen-bond acceptors (Lipinski definition) is 7. The van der Waals surface area contributed by atoms with Crippen molar-refractivity contribution in [2.75, 3.05) is 6.61 Å². The molecule has 0 saturated carbocycles. The lowest BCUT2D eigenvalue weighted by Gasteiger charge is -2.21. The molecule has 0 aliphatic heterocycles. The molecule has 0 saturated heterocycles. The second kappa shape index (κ2) is 6.74. The molecule has 1 aromatic heterocycles. The zero-order valence-corrected chi connectivity index (χ0v) is 13.2. The minimum absolute atomic E-state index is 0.0439. The maximum atomic E-state index is 12.2. The van der Waals surface area contributed by atoms with Crippen molar-refractivity contribution in [3.63, 3.8) is 0 Å². The van der Waals surface area contributed by atoms with E-state index in [1.165, 1.54) is 13.8 Å². The Hall–Kier alpha value is -2.48. The molecule has 0 spiro atoms. The molecule has 122 valence electrons. The number of carbonyl (C=O) groups is 1. The molecule has 2 atom stereocenters. The molecule has 0 N–H and O–H groups in total. The lowest BCUT2D eigenvalue weighted by molar-refractivity contribution is -0.567. The standard InChI is InChI=1S/C14H14ClN3O5/c1-3-22-13(19)14(9(2)15,18(20)21)12-16-11(17-23-12)10-7-5-4-6-8-10/h4-9H,3H2,1-2H3. The quantitative estimate of drug-likeness (QED) is 0.344. The van der Waals surface area contributed by atoms with Crippen LogP contribution in [0.25, 0.3) is 11.4 Å². The van der Waals surface area contributed by atoms with Crippen molar-refractivity contribution in [3.05, 3.63) is 46.3 Å². The first-order chi connectivity index (χ1) is 10.9. The maximum absolute atomic E-state index is 12.2. The molecule has 1 heterocycles. The summed E-state index contributed by atoms with van der Waals surface area (Å²) in [7, 11) is 0. The molecule has 0 radical (unpaired) electrons. The van der Waals surface area contributed by atoms with E-state index in [0.717, 1.165) is 0 Å². The molecule has 9 heteroatoms. The Bertz CT molecular complexity index is 703. The first-order valence-electron chi connectivity index (χ1n) is 6.80. The zero-order valence-electron chi connectivity index (χ0n) is 12.4. The summed E-state index contributed by atoms with van der Waals surface area (Å²) in [5, 5.41) is 14.1. The number of nitro groups is 1. The fraction of sp³-hybridized carbons (Fsp3) is 0.357. The molecule has 0 aliphatic carbocycles. The molecule has 2 rings (SSSR count). The van der Waals surface area contributed by atoms with Crippen LogP contribution in [0.1, 0.15) is 19.7 Å². The molecule has 2 unspecified atom stereocenters. The monoisotopic (exact) mass is 339 g/mol. The van der Waals surface area contributed by atoms with Gasteiger partial charge in [0.2, 0.25) is 5.82 Å². The third-order valence-electron chi connectivity index (χ3n) is 3.23. The lowest BCUT2D eigenvalue weighted by Crippen LogP contribution is -2.51. The Balaban J connectivity index is 2.55. The summed E-state index contributed by atoms with van der Waals surface area (Å²) in [6.07, 6.45) is 0. The molecule has 0 amide bonds. The fourth-order valence-corrected chi connectivity index (χ4v) is 2.30. The van der Waals surface area contributed by atoms with Crippen LogP contribution in [0.4, 0.5) is 0 Å². The number of carbonyl (C=O) groups excluding carboxylic acids is 1. The first-order valence-corrected chi connectivity index (χ1v) is 7.23. The van der Waals surface area contributed by atoms with Gasteiger partial charge in [0, 0.05) is 10.5 Å². The largest absolute Gasteiger partial charge is 0.460 e. The van der Waals surface area contributed by atoms with E-state index in [-0.39, 0.29) is 12.4 Å². The van der Waals surface area contributed by atoms with E-state index in [4.69, 9.17) is 20.9 Å². The van der Waals surface area contributed by atoms with Gasteiger partial charge in [-0.1, -0.05) is 35.5 Å². The highest BCUT2D eigenvalue weighted by Crippen LogP contribution is 2.34. The number of benzene rings is 1. The molecule has 1 aromatic carbocycles. The van der Waals surface area contributed by atoms with Crippen LogP contribution in [-0.4, -0.2) is 33.0 Å². The predicted molar refractivity (Wildman–Crippen MR) is 80.4 cm³/mol. The summed E-state index contributed by atoms with van der Waals surface area (Å²) in [6.45, 7) is 2.79. The number of hydrogen-bond donors (Lipinski definition) is 0. The fourth-order valence-electron chi connectivity index (χ4n) is 2.04. The van der Waals surface area contributed by atoms with Gasteiger partial charge in [-0.2, -0.15) is 4.98 Å². The summed E-state index contributed by atoms with van der Waals surface area (Å²) >= 11 is 5.95. The molecule has 23 heavy (non-hydrogen) atoms. The molecular weight excluding hydrogens is 326 g/mol. The number of esters is 1. The molecular formula is C14H14ClN3O5. The second-order valence-corrected chi connectivity index (χ2v) is 5.30. The SMILES string of the molecule is CCOC(=O)C(c1nc(-c2ccccc2)no1)(C(C)Cl)[N+](=O)[O-]. The van der Waals surface area contributed by atoms with Crippen LogP contribution in [0.5, 0.6) is 0 Å². The Kier molecular flexibility index (Phi) is 4.95. The minimum Gasteiger partial charge on any atom is -0.460 e. The minimum atomic E-state index is -2.46. The lowest BCUT2D eigenvalue weighted by atomic mass is 9.96. The number of rotatable bonds is 6. The summed E-state index contributed by atoms with van der Waals surface area (Å²) in [4.78, 5) is 27.0. The molecule has 2 aromatic rings. The van der Waals surface area contributed by atoms with E-state index in [1.54, 1.807) is 30.3 Å². The molecule has 0 fully saturated rings. The highest BCUT2D eigenvalue weighted by atomic mass is 35.5. The van der Waals surface area contributed by atoms with E-state index >= 15 is 0 Å². The van der Waals surface area contributed by atoms with Crippen molar-refractivity contribution in [1.82, 2.24) is 10.1 Å². The van der Waals surface area contributed by atoms with Gasteiger partial charge in [0.25, 0.3) is 0 Å². The third kappa shape index (κ3) is 2.89. The van der Waals surface area contributed by atoms with Gasteiger partial charge in [-0.25, -0.2) is 4.79 Å². The van der Waals surface area contributed by atoms with Crippen LogP contribution in [0.15, 0.2) is 34.9 Å². The maximum Gasteiger partial charge on any atom is 0.408 e. The molecule has 0 aliphatic rings. The predicted octanol–water partition coefficient (Wildman–Crippen LogP) is 2.40. The highest BCUT2D eigenvalue weighted by Gasteiger charge is 2.63. The number of ether oxygens (including phenoxy) is 1. The summed E-state index contributed by atoms with van der Waals surface area (Å²) < 4.78 is 9.79. The smallest absolute Gasteiger partial charge is 0.408 e. The van der Waals surface area contributed by atoms with Crippen molar-refractivity contribution in [1.29, 1.82) is 0 Å². The van der Waals surface area contributed by atoms with Gasteiger partial charge in [-0.3, -0.25) is 10.1 Å². The Morgan fingerprint density at radius 3 is 2.65 bits per heavy atom. The van der Waals surface area contributed by atoms with Crippen LogP contribution in [0, 0.1) is 10.1 Å². The van der Waals surface area contributed by atoms with E-state index in [9.17, 15) is 14.9 Å². The van der Waals surface area contributed by atoms with E-state index in [1.807, 2.05) is 0 Å². The van der Waals surface area contributed by atoms with Crippen LogP contribution in [-0.2, 0) is 15.1 Å². The number of halogens is 1. The Morgan fingerprint density at radius 2 is 2.13 bits per heavy atom. The van der Waals surface area contributed by atoms with Crippen molar-refractivity contribution in [2.45, 2.75) is 24.8 Å². The van der Waals surface area contributed by atoms with Crippen molar-refractivity contribution in [3.8, 4) is 11.4 Å². The number of alkyl halides is 1. The average molecular weight is 340 g/mol.